The van der Waals surface area contributed by atoms with Gasteiger partial charge in [0.15, 0.2) is 0 Å². The number of aromatic nitrogens is 2. The fraction of sp³-hybridized carbons (Fsp3) is 0.714. The summed E-state index contributed by atoms with van der Waals surface area (Å²) in [6.45, 7) is 5.46. The molecule has 1 fully saturated rings. The lowest BCUT2D eigenvalue weighted by Gasteiger charge is -2.10. The van der Waals surface area contributed by atoms with Crippen LogP contribution in [0.5, 0.6) is 0 Å². The molecule has 1 heterocycles. The first-order valence-electron chi connectivity index (χ1n) is 6.93. The van der Waals surface area contributed by atoms with Gasteiger partial charge in [0.2, 0.25) is 5.91 Å². The van der Waals surface area contributed by atoms with Crippen LogP contribution in [-0.4, -0.2) is 22.2 Å². The van der Waals surface area contributed by atoms with Crippen LogP contribution in [0.15, 0.2) is 6.07 Å². The van der Waals surface area contributed by atoms with Gasteiger partial charge in [0.05, 0.1) is 12.2 Å². The Hall–Kier alpha value is -1.32. The molecule has 1 aliphatic rings. The maximum atomic E-state index is 11.7. The van der Waals surface area contributed by atoms with Gasteiger partial charge in [-0.1, -0.05) is 12.8 Å². The van der Waals surface area contributed by atoms with Crippen LogP contribution < -0.4 is 5.32 Å². The number of hydrogen-bond acceptors (Lipinski definition) is 2. The Bertz CT molecular complexity index is 405. The van der Waals surface area contributed by atoms with Crippen LogP contribution in [0, 0.1) is 19.8 Å². The summed E-state index contributed by atoms with van der Waals surface area (Å²) in [6.07, 6.45) is 5.75. The first-order chi connectivity index (χ1) is 8.65. The van der Waals surface area contributed by atoms with E-state index in [2.05, 4.69) is 16.5 Å². The molecule has 1 aromatic rings. The molecule has 0 spiro atoms. The summed E-state index contributed by atoms with van der Waals surface area (Å²) in [5, 5.41) is 7.37. The molecule has 1 saturated carbocycles. The van der Waals surface area contributed by atoms with Crippen LogP contribution >= 0.6 is 0 Å². The van der Waals surface area contributed by atoms with Gasteiger partial charge in [0.1, 0.15) is 0 Å². The minimum atomic E-state index is 0.198. The van der Waals surface area contributed by atoms with Crippen molar-refractivity contribution in [1.29, 1.82) is 0 Å². The second kappa shape index (κ2) is 6.03. The first kappa shape index (κ1) is 13.1. The van der Waals surface area contributed by atoms with E-state index in [1.807, 2.05) is 18.5 Å². The molecule has 0 unspecified atom stereocenters. The maximum Gasteiger partial charge on any atom is 0.220 e. The zero-order chi connectivity index (χ0) is 13.0. The van der Waals surface area contributed by atoms with Crippen molar-refractivity contribution in [2.75, 3.05) is 6.54 Å². The topological polar surface area (TPSA) is 46.9 Å². The number of rotatable bonds is 5. The van der Waals surface area contributed by atoms with Crippen LogP contribution in [0.2, 0.25) is 0 Å². The molecule has 1 aromatic heterocycles. The molecule has 1 aliphatic carbocycles. The van der Waals surface area contributed by atoms with Crippen molar-refractivity contribution in [1.82, 2.24) is 15.1 Å². The summed E-state index contributed by atoms with van der Waals surface area (Å²) >= 11 is 0. The first-order valence-corrected chi connectivity index (χ1v) is 6.93. The van der Waals surface area contributed by atoms with Crippen molar-refractivity contribution >= 4 is 5.91 Å². The highest BCUT2D eigenvalue weighted by atomic mass is 16.1. The van der Waals surface area contributed by atoms with E-state index in [-0.39, 0.29) is 5.91 Å². The van der Waals surface area contributed by atoms with Crippen LogP contribution in [-0.2, 0) is 11.3 Å². The second-order valence-electron chi connectivity index (χ2n) is 5.35. The van der Waals surface area contributed by atoms with Crippen molar-refractivity contribution in [3.05, 3.63) is 17.5 Å². The quantitative estimate of drug-likeness (QED) is 0.869. The van der Waals surface area contributed by atoms with E-state index in [4.69, 9.17) is 0 Å². The number of nitrogens with zero attached hydrogens (tertiary/aromatic N) is 2. The lowest BCUT2D eigenvalue weighted by atomic mass is 10.0. The SMILES string of the molecule is Cc1cc(C)n(CCNC(=O)CC2CCCC2)n1. The number of hydrogen-bond donors (Lipinski definition) is 1. The normalized spacial score (nSPS) is 16.1. The average molecular weight is 249 g/mol. The van der Waals surface area contributed by atoms with Crippen LogP contribution in [0.25, 0.3) is 0 Å². The molecule has 18 heavy (non-hydrogen) atoms. The fourth-order valence-electron chi connectivity index (χ4n) is 2.75. The molecule has 0 aromatic carbocycles. The third kappa shape index (κ3) is 3.59. The smallest absolute Gasteiger partial charge is 0.220 e. The molecule has 2 rings (SSSR count). The van der Waals surface area contributed by atoms with Crippen molar-refractivity contribution in [2.45, 2.75) is 52.5 Å². The number of nitrogens with one attached hydrogen (secondary N) is 1. The van der Waals surface area contributed by atoms with Gasteiger partial charge < -0.3 is 5.32 Å². The molecule has 1 N–H and O–H groups in total. The zero-order valence-electron chi connectivity index (χ0n) is 11.4. The lowest BCUT2D eigenvalue weighted by Crippen LogP contribution is -2.28. The van der Waals surface area contributed by atoms with Gasteiger partial charge in [-0.15, -0.1) is 0 Å². The molecule has 0 bridgehead atoms. The Morgan fingerprint density at radius 3 is 2.78 bits per heavy atom. The van der Waals surface area contributed by atoms with E-state index < -0.39 is 0 Å². The number of aryl methyl sites for hydroxylation is 2. The van der Waals surface area contributed by atoms with Gasteiger partial charge in [0, 0.05) is 18.7 Å². The Kier molecular flexibility index (Phi) is 4.39. The Morgan fingerprint density at radius 2 is 2.17 bits per heavy atom. The molecule has 1 amide bonds. The highest BCUT2D eigenvalue weighted by molar-refractivity contribution is 5.76. The van der Waals surface area contributed by atoms with E-state index in [1.165, 1.54) is 25.7 Å². The summed E-state index contributed by atoms with van der Waals surface area (Å²) in [6, 6.07) is 2.06. The monoisotopic (exact) mass is 249 g/mol. The number of carbonyl (C=O) groups excluding carboxylic acids is 1. The Morgan fingerprint density at radius 1 is 1.44 bits per heavy atom. The minimum absolute atomic E-state index is 0.198. The second-order valence-corrected chi connectivity index (χ2v) is 5.35. The van der Waals surface area contributed by atoms with Gasteiger partial charge in [-0.25, -0.2) is 0 Å². The average Bonchev–Trinajstić information content (AvgIpc) is 2.89. The number of carbonyl (C=O) groups is 1. The van der Waals surface area contributed by atoms with Crippen LogP contribution in [0.4, 0.5) is 0 Å². The molecule has 4 heteroatoms. The van der Waals surface area contributed by atoms with E-state index in [0.29, 0.717) is 18.9 Å². The molecule has 0 saturated heterocycles. The van der Waals surface area contributed by atoms with Crippen LogP contribution in [0.3, 0.4) is 0 Å². The molecule has 100 valence electrons. The minimum Gasteiger partial charge on any atom is -0.354 e. The van der Waals surface area contributed by atoms with Gasteiger partial charge in [-0.3, -0.25) is 9.48 Å². The summed E-state index contributed by atoms with van der Waals surface area (Å²) in [7, 11) is 0. The predicted molar refractivity (Wildman–Crippen MR) is 71.3 cm³/mol. The summed E-state index contributed by atoms with van der Waals surface area (Å²) < 4.78 is 1.95. The van der Waals surface area contributed by atoms with Crippen molar-refractivity contribution in [3.63, 3.8) is 0 Å². The Labute approximate surface area is 109 Å². The third-order valence-electron chi connectivity index (χ3n) is 3.70. The zero-order valence-corrected chi connectivity index (χ0v) is 11.4. The molecule has 0 radical (unpaired) electrons. The lowest BCUT2D eigenvalue weighted by molar-refractivity contribution is -0.122. The molecule has 0 atom stereocenters. The summed E-state index contributed by atoms with van der Waals surface area (Å²) in [5.74, 6) is 0.821. The highest BCUT2D eigenvalue weighted by Gasteiger charge is 2.17. The fourth-order valence-corrected chi connectivity index (χ4v) is 2.75. The summed E-state index contributed by atoms with van der Waals surface area (Å²) in [5.41, 5.74) is 2.18. The maximum absolute atomic E-state index is 11.7. The van der Waals surface area contributed by atoms with Crippen molar-refractivity contribution in [2.24, 2.45) is 5.92 Å². The van der Waals surface area contributed by atoms with E-state index in [9.17, 15) is 4.79 Å². The van der Waals surface area contributed by atoms with E-state index >= 15 is 0 Å². The van der Waals surface area contributed by atoms with Crippen molar-refractivity contribution < 1.29 is 4.79 Å². The highest BCUT2D eigenvalue weighted by Crippen LogP contribution is 2.27. The number of amides is 1. The van der Waals surface area contributed by atoms with Crippen molar-refractivity contribution in [3.8, 4) is 0 Å². The van der Waals surface area contributed by atoms with Gasteiger partial charge in [-0.05, 0) is 38.7 Å². The van der Waals surface area contributed by atoms with Crippen LogP contribution in [0.1, 0.15) is 43.5 Å². The molecular weight excluding hydrogens is 226 g/mol. The van der Waals surface area contributed by atoms with Gasteiger partial charge >= 0.3 is 0 Å². The van der Waals surface area contributed by atoms with Gasteiger partial charge in [-0.2, -0.15) is 5.10 Å². The van der Waals surface area contributed by atoms with E-state index in [0.717, 1.165) is 17.9 Å². The largest absolute Gasteiger partial charge is 0.354 e. The van der Waals surface area contributed by atoms with E-state index in [1.54, 1.807) is 0 Å². The third-order valence-corrected chi connectivity index (χ3v) is 3.70. The summed E-state index contributed by atoms with van der Waals surface area (Å²) in [4.78, 5) is 11.7. The predicted octanol–water partition coefficient (Wildman–Crippen LogP) is 2.20. The Balaban J connectivity index is 1.68. The molecule has 4 nitrogen and oxygen atoms in total. The molecular formula is C14H23N3O. The standard InChI is InChI=1S/C14H23N3O/c1-11-9-12(2)17(16-11)8-7-15-14(18)10-13-5-3-4-6-13/h9,13H,3-8,10H2,1-2H3,(H,15,18). The molecule has 0 aliphatic heterocycles. The van der Waals surface area contributed by atoms with Gasteiger partial charge in [0.25, 0.3) is 0 Å².